The summed E-state index contributed by atoms with van der Waals surface area (Å²) in [5.41, 5.74) is 0. The maximum absolute atomic E-state index is 11.5. The first kappa shape index (κ1) is 15.5. The average Bonchev–Trinajstić information content (AvgIpc) is 2.73. The van der Waals surface area contributed by atoms with Crippen molar-refractivity contribution in [2.45, 2.75) is 31.6 Å². The van der Waals surface area contributed by atoms with E-state index >= 15 is 0 Å². The van der Waals surface area contributed by atoms with E-state index in [1.807, 2.05) is 0 Å². The molecule has 2 atom stereocenters. The molecule has 2 heterocycles. The van der Waals surface area contributed by atoms with Gasteiger partial charge in [-0.1, -0.05) is 6.08 Å². The van der Waals surface area contributed by atoms with Gasteiger partial charge in [0.1, 0.15) is 6.23 Å². The second kappa shape index (κ2) is 6.68. The summed E-state index contributed by atoms with van der Waals surface area (Å²) < 4.78 is 5.63. The third-order valence-electron chi connectivity index (χ3n) is 3.28. The van der Waals surface area contributed by atoms with Gasteiger partial charge in [0.25, 0.3) is 0 Å². The number of fused-ring (bicyclic) bond motifs is 1. The number of hydroxylamine groups is 2. The number of ether oxygens (including phenoxy) is 1. The van der Waals surface area contributed by atoms with Gasteiger partial charge in [0.2, 0.25) is 5.91 Å². The molecule has 8 nitrogen and oxygen atoms in total. The van der Waals surface area contributed by atoms with Gasteiger partial charge in [-0.05, 0) is 0 Å². The Balaban J connectivity index is 1.79. The zero-order valence-electron chi connectivity index (χ0n) is 11.6. The van der Waals surface area contributed by atoms with E-state index in [0.717, 1.165) is 0 Å². The molecule has 1 N–H and O–H groups in total. The van der Waals surface area contributed by atoms with Gasteiger partial charge in [-0.25, -0.2) is 0 Å². The molecule has 2 saturated heterocycles. The predicted molar refractivity (Wildman–Crippen MR) is 69.7 cm³/mol. The molecule has 0 radical (unpaired) electrons. The second-order valence-corrected chi connectivity index (χ2v) is 4.96. The molecule has 8 heteroatoms. The quantitative estimate of drug-likeness (QED) is 0.375. The molecule has 2 unspecified atom stereocenters. The maximum atomic E-state index is 11.5. The van der Waals surface area contributed by atoms with Crippen LogP contribution in [0.25, 0.3) is 0 Å². The van der Waals surface area contributed by atoms with E-state index in [1.54, 1.807) is 11.0 Å². The van der Waals surface area contributed by atoms with Crippen molar-refractivity contribution in [3.63, 3.8) is 0 Å². The van der Waals surface area contributed by atoms with Gasteiger partial charge in [0.15, 0.2) is 0 Å². The number of aliphatic carboxylic acids is 1. The minimum absolute atomic E-state index is 0.0659. The van der Waals surface area contributed by atoms with Crippen LogP contribution < -0.4 is 0 Å². The molecule has 0 spiro atoms. The highest BCUT2D eigenvalue weighted by atomic mass is 16.7. The van der Waals surface area contributed by atoms with E-state index in [4.69, 9.17) is 14.7 Å². The van der Waals surface area contributed by atoms with Gasteiger partial charge >= 0.3 is 11.9 Å². The summed E-state index contributed by atoms with van der Waals surface area (Å²) >= 11 is 0. The van der Waals surface area contributed by atoms with Crippen LogP contribution in [0.1, 0.15) is 19.3 Å². The van der Waals surface area contributed by atoms with Crippen molar-refractivity contribution in [3.05, 3.63) is 12.7 Å². The van der Waals surface area contributed by atoms with E-state index in [-0.39, 0.29) is 31.1 Å². The minimum atomic E-state index is -1.05. The molecule has 0 aromatic rings. The maximum Gasteiger partial charge on any atom is 0.325 e. The summed E-state index contributed by atoms with van der Waals surface area (Å²) in [6, 6.07) is 0. The lowest BCUT2D eigenvalue weighted by Gasteiger charge is -2.31. The third kappa shape index (κ3) is 4.02. The molecule has 2 aliphatic rings. The Morgan fingerprint density at radius 2 is 2.29 bits per heavy atom. The van der Waals surface area contributed by atoms with E-state index in [2.05, 4.69) is 6.58 Å². The van der Waals surface area contributed by atoms with Gasteiger partial charge in [-0.3, -0.25) is 14.4 Å². The molecule has 0 aromatic carbocycles. The SMILES string of the molecule is C=CCN(CC1CN2C(=O)CC2O1)OC(=O)CCC(=O)O. The van der Waals surface area contributed by atoms with Gasteiger partial charge in [0.05, 0.1) is 45.0 Å². The van der Waals surface area contributed by atoms with Crippen LogP contribution in [-0.2, 0) is 24.0 Å². The minimum Gasteiger partial charge on any atom is -0.481 e. The van der Waals surface area contributed by atoms with Crippen molar-refractivity contribution in [3.8, 4) is 0 Å². The number of hydrogen-bond acceptors (Lipinski definition) is 6. The smallest absolute Gasteiger partial charge is 0.325 e. The lowest BCUT2D eigenvalue weighted by Crippen LogP contribution is -2.48. The molecule has 0 saturated carbocycles. The van der Waals surface area contributed by atoms with Gasteiger partial charge in [0, 0.05) is 0 Å². The van der Waals surface area contributed by atoms with Crippen LogP contribution in [0.15, 0.2) is 12.7 Å². The van der Waals surface area contributed by atoms with Crippen LogP contribution in [0.2, 0.25) is 0 Å². The highest BCUT2D eigenvalue weighted by Crippen LogP contribution is 2.28. The van der Waals surface area contributed by atoms with Crippen molar-refractivity contribution in [1.82, 2.24) is 9.96 Å². The summed E-state index contributed by atoms with van der Waals surface area (Å²) in [4.78, 5) is 40.0. The van der Waals surface area contributed by atoms with Crippen LogP contribution in [0.3, 0.4) is 0 Å². The van der Waals surface area contributed by atoms with Gasteiger partial charge in [-0.2, -0.15) is 0 Å². The van der Waals surface area contributed by atoms with Crippen molar-refractivity contribution in [2.75, 3.05) is 19.6 Å². The van der Waals surface area contributed by atoms with Crippen molar-refractivity contribution < 1.29 is 29.1 Å². The fourth-order valence-electron chi connectivity index (χ4n) is 2.27. The highest BCUT2D eigenvalue weighted by Gasteiger charge is 2.45. The number of nitrogens with zero attached hydrogens (tertiary/aromatic N) is 2. The van der Waals surface area contributed by atoms with Crippen LogP contribution >= 0.6 is 0 Å². The summed E-state index contributed by atoms with van der Waals surface area (Å²) in [6.07, 6.45) is 1.12. The summed E-state index contributed by atoms with van der Waals surface area (Å²) in [7, 11) is 0. The molecule has 0 aromatic heterocycles. The van der Waals surface area contributed by atoms with Crippen molar-refractivity contribution >= 4 is 17.8 Å². The first-order valence-electron chi connectivity index (χ1n) is 6.73. The first-order chi connectivity index (χ1) is 9.99. The Bertz CT molecular complexity index is 452. The summed E-state index contributed by atoms with van der Waals surface area (Å²) in [5, 5.41) is 9.90. The van der Waals surface area contributed by atoms with E-state index in [1.165, 1.54) is 5.06 Å². The van der Waals surface area contributed by atoms with Crippen LogP contribution in [0.5, 0.6) is 0 Å². The second-order valence-electron chi connectivity index (χ2n) is 4.96. The van der Waals surface area contributed by atoms with Gasteiger partial charge in [-0.15, -0.1) is 11.6 Å². The topological polar surface area (TPSA) is 96.4 Å². The molecule has 0 bridgehead atoms. The first-order valence-corrected chi connectivity index (χ1v) is 6.73. The van der Waals surface area contributed by atoms with E-state index in [9.17, 15) is 14.4 Å². The normalized spacial score (nSPS) is 23.7. The Morgan fingerprint density at radius 1 is 1.52 bits per heavy atom. The number of amides is 1. The number of carboxylic acid groups (broad SMARTS) is 1. The Hall–Kier alpha value is -1.93. The Labute approximate surface area is 121 Å². The van der Waals surface area contributed by atoms with Crippen molar-refractivity contribution in [2.24, 2.45) is 0 Å². The lowest BCUT2D eigenvalue weighted by atomic mass is 10.2. The lowest BCUT2D eigenvalue weighted by molar-refractivity contribution is -0.195. The molecule has 116 valence electrons. The summed E-state index contributed by atoms with van der Waals surface area (Å²) in [5.74, 6) is -1.60. The molecular formula is C13H18N2O6. The summed E-state index contributed by atoms with van der Waals surface area (Å²) in [6.45, 7) is 4.67. The van der Waals surface area contributed by atoms with Crippen molar-refractivity contribution in [1.29, 1.82) is 0 Å². The molecule has 0 aliphatic carbocycles. The van der Waals surface area contributed by atoms with Crippen LogP contribution in [0, 0.1) is 0 Å². The number of hydrogen-bond donors (Lipinski definition) is 1. The van der Waals surface area contributed by atoms with Gasteiger partial charge < -0.3 is 19.6 Å². The average molecular weight is 298 g/mol. The molecule has 2 fully saturated rings. The van der Waals surface area contributed by atoms with E-state index in [0.29, 0.717) is 26.1 Å². The third-order valence-corrected chi connectivity index (χ3v) is 3.28. The number of β-lactam (4-membered cyclic amide) rings is 1. The van der Waals surface area contributed by atoms with E-state index < -0.39 is 11.9 Å². The highest BCUT2D eigenvalue weighted by molar-refractivity contribution is 5.83. The molecular weight excluding hydrogens is 280 g/mol. The molecule has 2 aliphatic heterocycles. The molecule has 1 amide bonds. The monoisotopic (exact) mass is 298 g/mol. The predicted octanol–water partition coefficient (Wildman–Crippen LogP) is -0.245. The number of carbonyl (C=O) groups is 3. The zero-order valence-corrected chi connectivity index (χ0v) is 11.6. The molecule has 2 rings (SSSR count). The number of rotatable bonds is 8. The largest absolute Gasteiger partial charge is 0.481 e. The molecule has 21 heavy (non-hydrogen) atoms. The number of carboxylic acids is 1. The number of carbonyl (C=O) groups excluding carboxylic acids is 2. The fraction of sp³-hybridized carbons (Fsp3) is 0.615. The fourth-order valence-corrected chi connectivity index (χ4v) is 2.27. The van der Waals surface area contributed by atoms with Crippen LogP contribution in [0.4, 0.5) is 0 Å². The Kier molecular flexibility index (Phi) is 4.92. The van der Waals surface area contributed by atoms with Crippen LogP contribution in [-0.4, -0.2) is 64.9 Å². The standard InChI is InChI=1S/C13H18N2O6/c1-2-5-14(21-13(19)4-3-12(17)18)7-9-8-15-10(16)6-11(15)20-9/h2,9,11H,1,3-8H2,(H,17,18). The zero-order chi connectivity index (χ0) is 15.4. The Morgan fingerprint density at radius 3 is 2.86 bits per heavy atom.